The van der Waals surface area contributed by atoms with Gasteiger partial charge in [-0.05, 0) is 50.3 Å². The van der Waals surface area contributed by atoms with E-state index >= 15 is 0 Å². The Labute approximate surface area is 161 Å². The molecule has 2 saturated heterocycles. The number of hydrogen-bond acceptors (Lipinski definition) is 4. The van der Waals surface area contributed by atoms with Crippen LogP contribution in [0.25, 0.3) is 0 Å². The van der Waals surface area contributed by atoms with E-state index in [1.165, 1.54) is 11.1 Å². The molecule has 27 heavy (non-hydrogen) atoms. The number of hydrogen-bond donors (Lipinski definition) is 1. The first kappa shape index (κ1) is 19.8. The Balaban J connectivity index is 1.43. The van der Waals surface area contributed by atoms with Crippen molar-refractivity contribution in [2.75, 3.05) is 39.3 Å². The normalized spacial score (nSPS) is 21.9. The quantitative estimate of drug-likeness (QED) is 0.855. The molecular formula is C21H31N3O3. The summed E-state index contributed by atoms with van der Waals surface area (Å²) in [6.07, 6.45) is 1.55. The molecular weight excluding hydrogens is 342 g/mol. The third kappa shape index (κ3) is 5.08. The SMILES string of the molecule is Cc1ccc(C(C)NC(=O)CN2CCN(C(=O)C3CCCO3)CC2)cc1C. The number of benzene rings is 1. The van der Waals surface area contributed by atoms with Crippen LogP contribution in [-0.4, -0.2) is 67.0 Å². The van der Waals surface area contributed by atoms with Crippen LogP contribution in [0.2, 0.25) is 0 Å². The van der Waals surface area contributed by atoms with Crippen molar-refractivity contribution in [3.05, 3.63) is 34.9 Å². The average molecular weight is 373 g/mol. The van der Waals surface area contributed by atoms with Gasteiger partial charge in [0, 0.05) is 32.8 Å². The number of carbonyl (C=O) groups excluding carboxylic acids is 2. The third-order valence-corrected chi connectivity index (χ3v) is 5.66. The lowest BCUT2D eigenvalue weighted by atomic mass is 10.0. The van der Waals surface area contributed by atoms with Crippen LogP contribution in [0.3, 0.4) is 0 Å². The van der Waals surface area contributed by atoms with Gasteiger partial charge in [-0.2, -0.15) is 0 Å². The van der Waals surface area contributed by atoms with E-state index in [2.05, 4.69) is 42.3 Å². The second-order valence-electron chi connectivity index (χ2n) is 7.74. The fourth-order valence-corrected chi connectivity index (χ4v) is 3.71. The predicted octanol–water partition coefficient (Wildman–Crippen LogP) is 1.80. The first-order chi connectivity index (χ1) is 12.9. The van der Waals surface area contributed by atoms with E-state index in [0.717, 1.165) is 31.5 Å². The van der Waals surface area contributed by atoms with Crippen molar-refractivity contribution in [2.24, 2.45) is 0 Å². The van der Waals surface area contributed by atoms with E-state index in [1.54, 1.807) is 0 Å². The number of aryl methyl sites for hydroxylation is 2. The fraction of sp³-hybridized carbons (Fsp3) is 0.619. The molecule has 2 atom stereocenters. The Morgan fingerprint density at radius 3 is 2.56 bits per heavy atom. The molecule has 2 aliphatic heterocycles. The Morgan fingerprint density at radius 1 is 1.19 bits per heavy atom. The van der Waals surface area contributed by atoms with E-state index in [1.807, 2.05) is 11.8 Å². The van der Waals surface area contributed by atoms with Gasteiger partial charge in [0.2, 0.25) is 5.91 Å². The molecule has 2 unspecified atom stereocenters. The number of nitrogens with one attached hydrogen (secondary N) is 1. The Bertz CT molecular complexity index is 677. The lowest BCUT2D eigenvalue weighted by Crippen LogP contribution is -2.53. The monoisotopic (exact) mass is 373 g/mol. The molecule has 0 bridgehead atoms. The maximum Gasteiger partial charge on any atom is 0.251 e. The van der Waals surface area contributed by atoms with Crippen LogP contribution in [0, 0.1) is 13.8 Å². The standard InChI is InChI=1S/C21H31N3O3/c1-15-6-7-18(13-16(15)2)17(3)22-20(25)14-23-8-10-24(11-9-23)21(26)19-5-4-12-27-19/h6-7,13,17,19H,4-5,8-12,14H2,1-3H3,(H,22,25). The zero-order valence-corrected chi connectivity index (χ0v) is 16.7. The Morgan fingerprint density at radius 2 is 1.93 bits per heavy atom. The number of nitrogens with zero attached hydrogens (tertiary/aromatic N) is 2. The number of rotatable bonds is 5. The van der Waals surface area contributed by atoms with E-state index in [4.69, 9.17) is 4.74 Å². The van der Waals surface area contributed by atoms with Crippen LogP contribution < -0.4 is 5.32 Å². The van der Waals surface area contributed by atoms with Crippen molar-refractivity contribution < 1.29 is 14.3 Å². The minimum atomic E-state index is -0.251. The van der Waals surface area contributed by atoms with Crippen LogP contribution in [-0.2, 0) is 14.3 Å². The highest BCUT2D eigenvalue weighted by Crippen LogP contribution is 2.17. The van der Waals surface area contributed by atoms with Crippen molar-refractivity contribution in [3.8, 4) is 0 Å². The molecule has 6 nitrogen and oxygen atoms in total. The van der Waals surface area contributed by atoms with Gasteiger partial charge in [0.05, 0.1) is 12.6 Å². The fourth-order valence-electron chi connectivity index (χ4n) is 3.71. The van der Waals surface area contributed by atoms with Crippen molar-refractivity contribution in [1.82, 2.24) is 15.1 Å². The lowest BCUT2D eigenvalue weighted by molar-refractivity contribution is -0.142. The summed E-state index contributed by atoms with van der Waals surface area (Å²) in [6.45, 7) is 10.0. The van der Waals surface area contributed by atoms with Crippen molar-refractivity contribution in [3.63, 3.8) is 0 Å². The van der Waals surface area contributed by atoms with Crippen LogP contribution in [0.15, 0.2) is 18.2 Å². The number of carbonyl (C=O) groups is 2. The van der Waals surface area contributed by atoms with Gasteiger partial charge < -0.3 is 15.0 Å². The van der Waals surface area contributed by atoms with E-state index in [0.29, 0.717) is 26.2 Å². The summed E-state index contributed by atoms with van der Waals surface area (Å²) in [5.74, 6) is 0.139. The third-order valence-electron chi connectivity index (χ3n) is 5.66. The van der Waals surface area contributed by atoms with Gasteiger partial charge in [-0.25, -0.2) is 0 Å². The Hall–Kier alpha value is -1.92. The van der Waals surface area contributed by atoms with Crippen LogP contribution in [0.4, 0.5) is 0 Å². The number of piperazine rings is 1. The summed E-state index contributed by atoms with van der Waals surface area (Å²) in [6, 6.07) is 6.29. The second-order valence-corrected chi connectivity index (χ2v) is 7.74. The molecule has 2 heterocycles. The zero-order chi connectivity index (χ0) is 19.4. The highest BCUT2D eigenvalue weighted by Gasteiger charge is 2.30. The summed E-state index contributed by atoms with van der Waals surface area (Å²) in [4.78, 5) is 28.8. The maximum absolute atomic E-state index is 12.4. The van der Waals surface area contributed by atoms with Crippen LogP contribution in [0.5, 0.6) is 0 Å². The Kier molecular flexibility index (Phi) is 6.50. The molecule has 3 rings (SSSR count). The van der Waals surface area contributed by atoms with Gasteiger partial charge in [-0.1, -0.05) is 18.2 Å². The van der Waals surface area contributed by atoms with Gasteiger partial charge in [-0.15, -0.1) is 0 Å². The second kappa shape index (κ2) is 8.85. The topological polar surface area (TPSA) is 61.9 Å². The van der Waals surface area contributed by atoms with Gasteiger partial charge in [0.15, 0.2) is 0 Å². The first-order valence-corrected chi connectivity index (χ1v) is 9.93. The van der Waals surface area contributed by atoms with Gasteiger partial charge in [0.25, 0.3) is 5.91 Å². The summed E-state index contributed by atoms with van der Waals surface area (Å²) < 4.78 is 5.49. The van der Waals surface area contributed by atoms with Crippen molar-refractivity contribution in [1.29, 1.82) is 0 Å². The van der Waals surface area contributed by atoms with Crippen molar-refractivity contribution >= 4 is 11.8 Å². The molecule has 6 heteroatoms. The van der Waals surface area contributed by atoms with E-state index in [9.17, 15) is 9.59 Å². The molecule has 148 valence electrons. The maximum atomic E-state index is 12.4. The van der Waals surface area contributed by atoms with E-state index in [-0.39, 0.29) is 24.0 Å². The number of amides is 2. The molecule has 0 saturated carbocycles. The first-order valence-electron chi connectivity index (χ1n) is 9.93. The van der Waals surface area contributed by atoms with Crippen molar-refractivity contribution in [2.45, 2.75) is 45.8 Å². The molecule has 0 radical (unpaired) electrons. The summed E-state index contributed by atoms with van der Waals surface area (Å²) in [5, 5.41) is 3.09. The molecule has 2 aliphatic rings. The molecule has 2 fully saturated rings. The molecule has 0 aromatic heterocycles. The minimum absolute atomic E-state index is 0.0146. The van der Waals surface area contributed by atoms with Gasteiger partial charge in [0.1, 0.15) is 6.10 Å². The average Bonchev–Trinajstić information content (AvgIpc) is 3.18. The lowest BCUT2D eigenvalue weighted by Gasteiger charge is -2.35. The summed E-state index contributed by atoms with van der Waals surface area (Å²) >= 11 is 0. The zero-order valence-electron chi connectivity index (χ0n) is 16.7. The molecule has 1 aromatic rings. The van der Waals surface area contributed by atoms with Crippen LogP contribution >= 0.6 is 0 Å². The van der Waals surface area contributed by atoms with Gasteiger partial charge >= 0.3 is 0 Å². The van der Waals surface area contributed by atoms with E-state index < -0.39 is 0 Å². The minimum Gasteiger partial charge on any atom is -0.368 e. The highest BCUT2D eigenvalue weighted by molar-refractivity contribution is 5.81. The predicted molar refractivity (Wildman–Crippen MR) is 104 cm³/mol. The van der Waals surface area contributed by atoms with Gasteiger partial charge in [-0.3, -0.25) is 14.5 Å². The molecule has 1 N–H and O–H groups in total. The van der Waals surface area contributed by atoms with Crippen LogP contribution in [0.1, 0.15) is 42.5 Å². The molecule has 0 aliphatic carbocycles. The molecule has 0 spiro atoms. The largest absolute Gasteiger partial charge is 0.368 e. The number of ether oxygens (including phenoxy) is 1. The molecule has 2 amide bonds. The highest BCUT2D eigenvalue weighted by atomic mass is 16.5. The molecule has 1 aromatic carbocycles. The summed E-state index contributed by atoms with van der Waals surface area (Å²) in [7, 11) is 0. The summed E-state index contributed by atoms with van der Waals surface area (Å²) in [5.41, 5.74) is 3.62. The smallest absolute Gasteiger partial charge is 0.251 e.